The molecule has 4 rings (SSSR count). The Bertz CT molecular complexity index is 1020. The first kappa shape index (κ1) is 19.3. The first-order valence-electron chi connectivity index (χ1n) is 9.77. The number of hydrogen-bond donors (Lipinski definition) is 1. The van der Waals surface area contributed by atoms with Crippen LogP contribution < -0.4 is 11.0 Å². The highest BCUT2D eigenvalue weighted by Gasteiger charge is 2.23. The van der Waals surface area contributed by atoms with Gasteiger partial charge < -0.3 is 5.32 Å². The van der Waals surface area contributed by atoms with Crippen molar-refractivity contribution in [2.45, 2.75) is 32.5 Å². The summed E-state index contributed by atoms with van der Waals surface area (Å²) in [6, 6.07) is 14.8. The standard InChI is InChI=1S/C22H24FN5O/c1-16-2-4-18(5-3-16)13-28-15-24-21(26-22(28)29)25-20-10-11-27(14-20)12-17-6-8-19(23)9-7-17/h2-9,15,20H,10-14H2,1H3,(H,25,26,29)/t20-/m1/s1. The molecule has 1 aromatic heterocycles. The van der Waals surface area contributed by atoms with Crippen LogP contribution in [0.4, 0.5) is 10.3 Å². The fourth-order valence-electron chi connectivity index (χ4n) is 3.55. The van der Waals surface area contributed by atoms with E-state index in [0.29, 0.717) is 12.5 Å². The zero-order valence-electron chi connectivity index (χ0n) is 16.4. The van der Waals surface area contributed by atoms with Gasteiger partial charge in [-0.2, -0.15) is 4.98 Å². The van der Waals surface area contributed by atoms with E-state index in [-0.39, 0.29) is 17.5 Å². The van der Waals surface area contributed by atoms with Crippen LogP contribution in [0.15, 0.2) is 59.7 Å². The highest BCUT2D eigenvalue weighted by molar-refractivity contribution is 5.25. The number of rotatable bonds is 6. The Balaban J connectivity index is 1.34. The molecule has 7 heteroatoms. The number of aromatic nitrogens is 3. The second-order valence-electron chi connectivity index (χ2n) is 7.57. The minimum Gasteiger partial charge on any atom is -0.350 e. The number of nitrogens with one attached hydrogen (secondary N) is 1. The number of anilines is 1. The summed E-state index contributed by atoms with van der Waals surface area (Å²) < 4.78 is 14.5. The lowest BCUT2D eigenvalue weighted by molar-refractivity contribution is 0.328. The number of hydrogen-bond acceptors (Lipinski definition) is 5. The fraction of sp³-hybridized carbons (Fsp3) is 0.318. The van der Waals surface area contributed by atoms with Crippen LogP contribution in [0.25, 0.3) is 0 Å². The van der Waals surface area contributed by atoms with Gasteiger partial charge in [0.25, 0.3) is 0 Å². The van der Waals surface area contributed by atoms with Crippen molar-refractivity contribution >= 4 is 5.95 Å². The van der Waals surface area contributed by atoms with Crippen LogP contribution in [0.3, 0.4) is 0 Å². The van der Waals surface area contributed by atoms with Gasteiger partial charge in [-0.15, -0.1) is 0 Å². The third-order valence-corrected chi connectivity index (χ3v) is 5.17. The highest BCUT2D eigenvalue weighted by atomic mass is 19.1. The van der Waals surface area contributed by atoms with Crippen molar-refractivity contribution in [2.75, 3.05) is 18.4 Å². The molecule has 0 radical (unpaired) electrons. The van der Waals surface area contributed by atoms with Crippen molar-refractivity contribution in [3.05, 3.63) is 87.9 Å². The van der Waals surface area contributed by atoms with Crippen LogP contribution in [-0.4, -0.2) is 38.6 Å². The molecule has 1 aliphatic rings. The van der Waals surface area contributed by atoms with Gasteiger partial charge in [0.1, 0.15) is 12.1 Å². The van der Waals surface area contributed by atoms with Crippen molar-refractivity contribution in [1.29, 1.82) is 0 Å². The van der Waals surface area contributed by atoms with E-state index >= 15 is 0 Å². The van der Waals surface area contributed by atoms with E-state index in [9.17, 15) is 9.18 Å². The highest BCUT2D eigenvalue weighted by Crippen LogP contribution is 2.16. The number of likely N-dealkylation sites (tertiary alicyclic amines) is 1. The van der Waals surface area contributed by atoms with Crippen LogP contribution in [0.1, 0.15) is 23.1 Å². The molecule has 0 bridgehead atoms. The van der Waals surface area contributed by atoms with Crippen molar-refractivity contribution in [2.24, 2.45) is 0 Å². The van der Waals surface area contributed by atoms with Crippen molar-refractivity contribution in [3.8, 4) is 0 Å². The largest absolute Gasteiger partial charge is 0.352 e. The van der Waals surface area contributed by atoms with Gasteiger partial charge in [0, 0.05) is 25.7 Å². The Hall–Kier alpha value is -3.06. The van der Waals surface area contributed by atoms with Gasteiger partial charge in [0.15, 0.2) is 0 Å². The van der Waals surface area contributed by atoms with E-state index in [1.807, 2.05) is 43.3 Å². The first-order chi connectivity index (χ1) is 14.0. The SMILES string of the molecule is Cc1ccc(Cn2cnc(N[C@@H]3CCN(Cc4ccc(F)cc4)C3)nc2=O)cc1. The summed E-state index contributed by atoms with van der Waals surface area (Å²) in [5.74, 6) is 0.146. The number of benzene rings is 2. The smallest absolute Gasteiger partial charge is 0.350 e. The molecule has 1 atom stereocenters. The van der Waals surface area contributed by atoms with Crippen LogP contribution in [0, 0.1) is 12.7 Å². The maximum absolute atomic E-state index is 13.0. The molecule has 6 nitrogen and oxygen atoms in total. The minimum absolute atomic E-state index is 0.183. The maximum Gasteiger partial charge on any atom is 0.352 e. The molecule has 3 aromatic rings. The van der Waals surface area contributed by atoms with Crippen molar-refractivity contribution in [3.63, 3.8) is 0 Å². The second kappa shape index (κ2) is 8.53. The van der Waals surface area contributed by atoms with Gasteiger partial charge in [-0.3, -0.25) is 9.47 Å². The molecular formula is C22H24FN5O. The molecule has 1 aliphatic heterocycles. The average molecular weight is 393 g/mol. The topological polar surface area (TPSA) is 63.1 Å². The lowest BCUT2D eigenvalue weighted by Gasteiger charge is -2.17. The molecule has 0 saturated carbocycles. The first-order valence-corrected chi connectivity index (χ1v) is 9.77. The van der Waals surface area contributed by atoms with Crippen molar-refractivity contribution < 1.29 is 4.39 Å². The monoisotopic (exact) mass is 393 g/mol. The minimum atomic E-state index is -0.316. The Kier molecular flexibility index (Phi) is 5.67. The van der Waals surface area contributed by atoms with Crippen molar-refractivity contribution in [1.82, 2.24) is 19.4 Å². The molecule has 29 heavy (non-hydrogen) atoms. The van der Waals surface area contributed by atoms with Gasteiger partial charge in [-0.25, -0.2) is 14.2 Å². The predicted molar refractivity (Wildman–Crippen MR) is 110 cm³/mol. The van der Waals surface area contributed by atoms with Gasteiger partial charge in [-0.1, -0.05) is 42.0 Å². The summed E-state index contributed by atoms with van der Waals surface area (Å²) in [5.41, 5.74) is 2.99. The third-order valence-electron chi connectivity index (χ3n) is 5.17. The van der Waals surface area contributed by atoms with Gasteiger partial charge in [0.05, 0.1) is 6.54 Å². The summed E-state index contributed by atoms with van der Waals surface area (Å²) in [6.07, 6.45) is 2.49. The van der Waals surface area contributed by atoms with Gasteiger partial charge in [-0.05, 0) is 36.6 Å². The second-order valence-corrected chi connectivity index (χ2v) is 7.57. The lowest BCUT2D eigenvalue weighted by atomic mass is 10.1. The maximum atomic E-state index is 13.0. The number of aryl methyl sites for hydroxylation is 1. The van der Waals surface area contributed by atoms with E-state index < -0.39 is 0 Å². The molecule has 150 valence electrons. The summed E-state index contributed by atoms with van der Waals surface area (Å²) >= 11 is 0. The van der Waals surface area contributed by atoms with Crippen LogP contribution in [-0.2, 0) is 13.1 Å². The molecule has 0 aliphatic carbocycles. The van der Waals surface area contributed by atoms with E-state index in [2.05, 4.69) is 20.2 Å². The van der Waals surface area contributed by atoms with E-state index in [0.717, 1.165) is 37.2 Å². The van der Waals surface area contributed by atoms with Crippen LogP contribution >= 0.6 is 0 Å². The van der Waals surface area contributed by atoms with Gasteiger partial charge in [0.2, 0.25) is 5.95 Å². The Morgan fingerprint density at radius 1 is 1.07 bits per heavy atom. The normalized spacial score (nSPS) is 16.8. The molecular weight excluding hydrogens is 369 g/mol. The molecule has 1 fully saturated rings. The summed E-state index contributed by atoms with van der Waals surface area (Å²) in [4.78, 5) is 23.1. The molecule has 0 amide bonds. The zero-order chi connectivity index (χ0) is 20.2. The summed E-state index contributed by atoms with van der Waals surface area (Å²) in [5, 5.41) is 3.27. The molecule has 0 unspecified atom stereocenters. The molecule has 1 N–H and O–H groups in total. The lowest BCUT2D eigenvalue weighted by Crippen LogP contribution is -2.30. The van der Waals surface area contributed by atoms with E-state index in [1.54, 1.807) is 6.33 Å². The van der Waals surface area contributed by atoms with Gasteiger partial charge >= 0.3 is 5.69 Å². The fourth-order valence-corrected chi connectivity index (χ4v) is 3.55. The van der Waals surface area contributed by atoms with E-state index in [1.165, 1.54) is 22.3 Å². The Labute approximate surface area is 169 Å². The Morgan fingerprint density at radius 2 is 1.76 bits per heavy atom. The van der Waals surface area contributed by atoms with Crippen LogP contribution in [0.5, 0.6) is 0 Å². The quantitative estimate of drug-likeness (QED) is 0.698. The summed E-state index contributed by atoms with van der Waals surface area (Å²) in [7, 11) is 0. The molecule has 2 heterocycles. The number of halogens is 1. The number of nitrogens with zero attached hydrogens (tertiary/aromatic N) is 4. The molecule has 0 spiro atoms. The summed E-state index contributed by atoms with van der Waals surface area (Å²) in [6.45, 7) is 5.02. The molecule has 1 saturated heterocycles. The predicted octanol–water partition coefficient (Wildman–Crippen LogP) is 2.82. The zero-order valence-corrected chi connectivity index (χ0v) is 16.4. The Morgan fingerprint density at radius 3 is 2.48 bits per heavy atom. The average Bonchev–Trinajstić information content (AvgIpc) is 3.14. The van der Waals surface area contributed by atoms with E-state index in [4.69, 9.17) is 0 Å². The third kappa shape index (κ3) is 5.06. The molecule has 2 aromatic carbocycles. The van der Waals surface area contributed by atoms with Crippen LogP contribution in [0.2, 0.25) is 0 Å².